The summed E-state index contributed by atoms with van der Waals surface area (Å²) in [5.41, 5.74) is 1.36. The van der Waals surface area contributed by atoms with Gasteiger partial charge >= 0.3 is 0 Å². The lowest BCUT2D eigenvalue weighted by Gasteiger charge is -2.31. The molecule has 0 aromatic carbocycles. The normalized spacial score (nSPS) is 56.8. The quantitative estimate of drug-likeness (QED) is 0.493. The Morgan fingerprint density at radius 3 is 2.64 bits per heavy atom. The maximum absolute atomic E-state index is 9.29. The first-order chi connectivity index (χ1) is 6.88. The lowest BCUT2D eigenvalue weighted by Crippen LogP contribution is -2.26. The Bertz CT molecular complexity index is 341. The van der Waals surface area contributed by atoms with E-state index in [1.54, 1.807) is 0 Å². The maximum atomic E-state index is 9.29. The first kappa shape index (κ1) is 7.70. The van der Waals surface area contributed by atoms with Crippen LogP contribution in [-0.2, 0) is 0 Å². The molecule has 4 rings (SSSR count). The third-order valence-corrected chi connectivity index (χ3v) is 5.16. The molecule has 0 aromatic heterocycles. The van der Waals surface area contributed by atoms with Crippen LogP contribution in [0.2, 0.25) is 0 Å². The third-order valence-electron chi connectivity index (χ3n) is 5.16. The van der Waals surface area contributed by atoms with E-state index in [0.717, 1.165) is 35.5 Å². The highest BCUT2D eigenvalue weighted by Gasteiger charge is 2.57. The molecular weight excluding hydrogens is 172 g/mol. The molecule has 0 heterocycles. The minimum Gasteiger partial charge on any atom is -0.392 e. The molecule has 4 aliphatic rings. The van der Waals surface area contributed by atoms with E-state index < -0.39 is 0 Å². The van der Waals surface area contributed by atoms with Gasteiger partial charge in [0.1, 0.15) is 0 Å². The summed E-state index contributed by atoms with van der Waals surface area (Å²) < 4.78 is 0. The Hall–Kier alpha value is -0.560. The molecule has 0 aromatic rings. The molecular formula is C13H16O. The molecule has 0 spiro atoms. The summed E-state index contributed by atoms with van der Waals surface area (Å²) in [7, 11) is 0. The minimum absolute atomic E-state index is 0.311. The van der Waals surface area contributed by atoms with Crippen molar-refractivity contribution < 1.29 is 5.11 Å². The van der Waals surface area contributed by atoms with Gasteiger partial charge in [-0.2, -0.15) is 0 Å². The molecule has 1 heteroatoms. The lowest BCUT2D eigenvalue weighted by atomic mass is 9.74. The Morgan fingerprint density at radius 2 is 1.86 bits per heavy atom. The summed E-state index contributed by atoms with van der Waals surface area (Å²) >= 11 is 0. The van der Waals surface area contributed by atoms with Crippen molar-refractivity contribution in [3.63, 3.8) is 0 Å². The summed E-state index contributed by atoms with van der Waals surface area (Å²) in [5.74, 6) is 5.15. The van der Waals surface area contributed by atoms with E-state index in [0.29, 0.717) is 6.61 Å². The molecule has 0 saturated heterocycles. The van der Waals surface area contributed by atoms with Gasteiger partial charge in [0.2, 0.25) is 0 Å². The summed E-state index contributed by atoms with van der Waals surface area (Å²) in [6.45, 7) is 0.311. The maximum Gasteiger partial charge on any atom is 0.0644 e. The number of aliphatic hydroxyl groups excluding tert-OH is 1. The SMILES string of the molecule is OCC1=CC2CC1C1C3C=CC(C3)C21. The van der Waals surface area contributed by atoms with E-state index in [1.807, 2.05) is 0 Å². The van der Waals surface area contributed by atoms with Gasteiger partial charge in [0, 0.05) is 0 Å². The van der Waals surface area contributed by atoms with E-state index in [-0.39, 0.29) is 0 Å². The highest BCUT2D eigenvalue weighted by atomic mass is 16.3. The van der Waals surface area contributed by atoms with Gasteiger partial charge in [0.15, 0.2) is 0 Å². The molecule has 0 amide bonds. The van der Waals surface area contributed by atoms with E-state index in [2.05, 4.69) is 18.2 Å². The van der Waals surface area contributed by atoms with E-state index in [1.165, 1.54) is 18.4 Å². The molecule has 14 heavy (non-hydrogen) atoms. The van der Waals surface area contributed by atoms with Crippen LogP contribution >= 0.6 is 0 Å². The molecule has 2 saturated carbocycles. The molecule has 74 valence electrons. The third kappa shape index (κ3) is 0.692. The molecule has 0 radical (unpaired) electrons. The first-order valence-electron chi connectivity index (χ1n) is 5.88. The fraction of sp³-hybridized carbons (Fsp3) is 0.692. The summed E-state index contributed by atoms with van der Waals surface area (Å²) in [6, 6.07) is 0. The smallest absolute Gasteiger partial charge is 0.0644 e. The number of fused-ring (bicyclic) bond motifs is 9. The average molecular weight is 188 g/mol. The number of hydrogen-bond donors (Lipinski definition) is 1. The minimum atomic E-state index is 0.311. The predicted octanol–water partition coefficient (Wildman–Crippen LogP) is 1.99. The van der Waals surface area contributed by atoms with Crippen LogP contribution in [0.4, 0.5) is 0 Å². The van der Waals surface area contributed by atoms with Crippen LogP contribution in [-0.4, -0.2) is 11.7 Å². The van der Waals surface area contributed by atoms with Gasteiger partial charge < -0.3 is 5.11 Å². The van der Waals surface area contributed by atoms with Crippen LogP contribution in [0, 0.1) is 35.5 Å². The molecule has 1 nitrogen and oxygen atoms in total. The van der Waals surface area contributed by atoms with Crippen LogP contribution in [0.1, 0.15) is 12.8 Å². The van der Waals surface area contributed by atoms with Gasteiger partial charge in [-0.15, -0.1) is 0 Å². The second kappa shape index (κ2) is 2.33. The van der Waals surface area contributed by atoms with E-state index >= 15 is 0 Å². The second-order valence-electron chi connectivity index (χ2n) is 5.51. The lowest BCUT2D eigenvalue weighted by molar-refractivity contribution is 0.250. The summed E-state index contributed by atoms with van der Waals surface area (Å²) in [6.07, 6.45) is 10.1. The van der Waals surface area contributed by atoms with Crippen molar-refractivity contribution >= 4 is 0 Å². The molecule has 0 aliphatic heterocycles. The van der Waals surface area contributed by atoms with Gasteiger partial charge in [-0.05, 0) is 53.9 Å². The second-order valence-corrected chi connectivity index (χ2v) is 5.51. The Kier molecular flexibility index (Phi) is 1.28. The van der Waals surface area contributed by atoms with Gasteiger partial charge in [0.25, 0.3) is 0 Å². The van der Waals surface area contributed by atoms with E-state index in [9.17, 15) is 5.11 Å². The molecule has 4 aliphatic carbocycles. The Balaban J connectivity index is 1.77. The van der Waals surface area contributed by atoms with E-state index in [4.69, 9.17) is 0 Å². The van der Waals surface area contributed by atoms with Gasteiger partial charge in [-0.1, -0.05) is 18.2 Å². The van der Waals surface area contributed by atoms with Crippen molar-refractivity contribution in [2.45, 2.75) is 12.8 Å². The zero-order chi connectivity index (χ0) is 9.28. The zero-order valence-electron chi connectivity index (χ0n) is 8.26. The fourth-order valence-electron chi connectivity index (χ4n) is 4.82. The largest absolute Gasteiger partial charge is 0.392 e. The van der Waals surface area contributed by atoms with Crippen LogP contribution in [0.15, 0.2) is 23.8 Å². The number of allylic oxidation sites excluding steroid dienone is 3. The molecule has 6 unspecified atom stereocenters. The molecule has 2 fully saturated rings. The first-order valence-corrected chi connectivity index (χ1v) is 5.88. The number of rotatable bonds is 1. The van der Waals surface area contributed by atoms with Crippen LogP contribution in [0.25, 0.3) is 0 Å². The monoisotopic (exact) mass is 188 g/mol. The highest BCUT2D eigenvalue weighted by molar-refractivity contribution is 5.31. The highest BCUT2D eigenvalue weighted by Crippen LogP contribution is 2.64. The van der Waals surface area contributed by atoms with Crippen molar-refractivity contribution in [2.24, 2.45) is 35.5 Å². The van der Waals surface area contributed by atoms with Crippen molar-refractivity contribution in [2.75, 3.05) is 6.61 Å². The van der Waals surface area contributed by atoms with Crippen LogP contribution in [0.3, 0.4) is 0 Å². The summed E-state index contributed by atoms with van der Waals surface area (Å²) in [4.78, 5) is 0. The van der Waals surface area contributed by atoms with Gasteiger partial charge in [-0.3, -0.25) is 0 Å². The van der Waals surface area contributed by atoms with Crippen molar-refractivity contribution in [3.8, 4) is 0 Å². The Morgan fingerprint density at radius 1 is 1.07 bits per heavy atom. The zero-order valence-corrected chi connectivity index (χ0v) is 8.26. The standard InChI is InChI=1S/C13H16O/c14-6-10-4-9-5-11(10)13-8-2-1-7(3-8)12(9)13/h1-2,4,7-9,11-14H,3,5-6H2. The topological polar surface area (TPSA) is 20.2 Å². The van der Waals surface area contributed by atoms with Crippen molar-refractivity contribution in [1.29, 1.82) is 0 Å². The summed E-state index contributed by atoms with van der Waals surface area (Å²) in [5, 5.41) is 9.29. The van der Waals surface area contributed by atoms with Crippen molar-refractivity contribution in [3.05, 3.63) is 23.8 Å². The number of hydrogen-bond acceptors (Lipinski definition) is 1. The fourth-order valence-corrected chi connectivity index (χ4v) is 4.82. The predicted molar refractivity (Wildman–Crippen MR) is 54.5 cm³/mol. The van der Waals surface area contributed by atoms with Crippen LogP contribution < -0.4 is 0 Å². The van der Waals surface area contributed by atoms with Crippen molar-refractivity contribution in [1.82, 2.24) is 0 Å². The molecule has 6 atom stereocenters. The van der Waals surface area contributed by atoms with Gasteiger partial charge in [-0.25, -0.2) is 0 Å². The number of aliphatic hydroxyl groups is 1. The molecule has 1 N–H and O–H groups in total. The van der Waals surface area contributed by atoms with Gasteiger partial charge in [0.05, 0.1) is 6.61 Å². The Labute approximate surface area is 84.5 Å². The molecule has 4 bridgehead atoms. The average Bonchev–Trinajstić information content (AvgIpc) is 2.94. The van der Waals surface area contributed by atoms with Crippen LogP contribution in [0.5, 0.6) is 0 Å².